The van der Waals surface area contributed by atoms with Gasteiger partial charge >= 0.3 is 0 Å². The lowest BCUT2D eigenvalue weighted by Crippen LogP contribution is -2.27. The molecule has 0 bridgehead atoms. The molecule has 0 aliphatic carbocycles. The van der Waals surface area contributed by atoms with E-state index < -0.39 is 0 Å². The largest absolute Gasteiger partial charge is 0.441 e. The first-order chi connectivity index (χ1) is 13.6. The second-order valence-corrected chi connectivity index (χ2v) is 6.55. The van der Waals surface area contributed by atoms with E-state index in [0.717, 1.165) is 16.8 Å². The molecule has 0 aliphatic rings. The number of rotatable bonds is 5. The maximum absolute atomic E-state index is 12.7. The summed E-state index contributed by atoms with van der Waals surface area (Å²) in [7, 11) is 0. The second kappa shape index (κ2) is 7.52. The van der Waals surface area contributed by atoms with E-state index in [2.05, 4.69) is 15.3 Å². The fourth-order valence-electron chi connectivity index (χ4n) is 3.01. The third kappa shape index (κ3) is 3.57. The van der Waals surface area contributed by atoms with E-state index >= 15 is 0 Å². The standard InChI is InChI=1S/C22H20N4O2/c1-15(17-8-10-19(11-9-17)26-13-12-23-14-26)24-21(27)20-16(2)28-22(25-20)18-6-4-3-5-7-18/h3-15H,1-2H3,(H,24,27)/t15-/m1/s1. The highest BCUT2D eigenvalue weighted by molar-refractivity contribution is 5.94. The van der Waals surface area contributed by atoms with Crippen molar-refractivity contribution >= 4 is 5.91 Å². The molecule has 2 heterocycles. The second-order valence-electron chi connectivity index (χ2n) is 6.55. The molecule has 6 nitrogen and oxygen atoms in total. The molecular weight excluding hydrogens is 352 g/mol. The molecular formula is C22H20N4O2. The van der Waals surface area contributed by atoms with Crippen molar-refractivity contribution < 1.29 is 9.21 Å². The zero-order valence-corrected chi connectivity index (χ0v) is 15.7. The van der Waals surface area contributed by atoms with Crippen LogP contribution >= 0.6 is 0 Å². The third-order valence-electron chi connectivity index (χ3n) is 4.58. The fourth-order valence-corrected chi connectivity index (χ4v) is 3.01. The minimum absolute atomic E-state index is 0.166. The van der Waals surface area contributed by atoms with Crippen molar-refractivity contribution in [2.45, 2.75) is 19.9 Å². The first kappa shape index (κ1) is 17.7. The summed E-state index contributed by atoms with van der Waals surface area (Å²) in [5.41, 5.74) is 3.16. The smallest absolute Gasteiger partial charge is 0.274 e. The average Bonchev–Trinajstić information content (AvgIpc) is 3.39. The number of hydrogen-bond donors (Lipinski definition) is 1. The van der Waals surface area contributed by atoms with E-state index in [1.54, 1.807) is 19.4 Å². The van der Waals surface area contributed by atoms with Gasteiger partial charge in [0.05, 0.1) is 12.4 Å². The first-order valence-corrected chi connectivity index (χ1v) is 9.04. The Hall–Kier alpha value is -3.67. The molecule has 0 spiro atoms. The summed E-state index contributed by atoms with van der Waals surface area (Å²) in [6, 6.07) is 17.3. The van der Waals surface area contributed by atoms with Crippen LogP contribution in [-0.2, 0) is 0 Å². The summed E-state index contributed by atoms with van der Waals surface area (Å²) in [6.45, 7) is 3.69. The van der Waals surface area contributed by atoms with Gasteiger partial charge in [0.1, 0.15) is 5.76 Å². The lowest BCUT2D eigenvalue weighted by atomic mass is 10.1. The summed E-state index contributed by atoms with van der Waals surface area (Å²) in [4.78, 5) is 21.1. The average molecular weight is 372 g/mol. The Morgan fingerprint density at radius 2 is 1.86 bits per heavy atom. The van der Waals surface area contributed by atoms with Crippen LogP contribution < -0.4 is 5.32 Å². The van der Waals surface area contributed by atoms with Crippen molar-refractivity contribution in [1.82, 2.24) is 19.9 Å². The zero-order valence-electron chi connectivity index (χ0n) is 15.7. The van der Waals surface area contributed by atoms with E-state index in [1.807, 2.05) is 72.3 Å². The van der Waals surface area contributed by atoms with Crippen LogP contribution in [0, 0.1) is 6.92 Å². The summed E-state index contributed by atoms with van der Waals surface area (Å²) < 4.78 is 7.61. The van der Waals surface area contributed by atoms with Gasteiger partial charge in [-0.1, -0.05) is 30.3 Å². The Balaban J connectivity index is 1.48. The summed E-state index contributed by atoms with van der Waals surface area (Å²) in [5, 5.41) is 2.99. The van der Waals surface area contributed by atoms with E-state index in [0.29, 0.717) is 17.3 Å². The lowest BCUT2D eigenvalue weighted by Gasteiger charge is -2.14. The van der Waals surface area contributed by atoms with Gasteiger partial charge in [0, 0.05) is 23.6 Å². The van der Waals surface area contributed by atoms with Crippen molar-refractivity contribution in [2.24, 2.45) is 0 Å². The monoisotopic (exact) mass is 372 g/mol. The van der Waals surface area contributed by atoms with Gasteiger partial charge in [-0.2, -0.15) is 0 Å². The molecule has 2 aromatic carbocycles. The maximum atomic E-state index is 12.7. The number of nitrogens with one attached hydrogen (secondary N) is 1. The van der Waals surface area contributed by atoms with Crippen LogP contribution in [0.2, 0.25) is 0 Å². The number of carbonyl (C=O) groups is 1. The van der Waals surface area contributed by atoms with E-state index in [1.165, 1.54) is 0 Å². The molecule has 0 aliphatic heterocycles. The van der Waals surface area contributed by atoms with Gasteiger partial charge in [-0.05, 0) is 43.7 Å². The number of benzene rings is 2. The van der Waals surface area contributed by atoms with Crippen molar-refractivity contribution in [3.63, 3.8) is 0 Å². The van der Waals surface area contributed by atoms with Crippen LogP contribution in [0.5, 0.6) is 0 Å². The molecule has 2 aromatic heterocycles. The third-order valence-corrected chi connectivity index (χ3v) is 4.58. The van der Waals surface area contributed by atoms with Crippen LogP contribution in [0.15, 0.2) is 77.7 Å². The molecule has 0 unspecified atom stereocenters. The normalized spacial score (nSPS) is 11.9. The molecule has 1 amide bonds. The zero-order chi connectivity index (χ0) is 19.5. The maximum Gasteiger partial charge on any atom is 0.274 e. The number of amides is 1. The Bertz CT molecular complexity index is 1070. The molecule has 4 aromatic rings. The fraction of sp³-hybridized carbons (Fsp3) is 0.136. The SMILES string of the molecule is Cc1oc(-c2ccccc2)nc1C(=O)N[C@H](C)c1ccc(-n2ccnc2)cc1. The molecule has 4 rings (SSSR count). The number of aromatic nitrogens is 3. The van der Waals surface area contributed by atoms with Gasteiger partial charge in [-0.3, -0.25) is 4.79 Å². The topological polar surface area (TPSA) is 73.0 Å². The number of nitrogens with zero attached hydrogens (tertiary/aromatic N) is 3. The molecule has 1 N–H and O–H groups in total. The number of carbonyl (C=O) groups excluding carboxylic acids is 1. The molecule has 0 saturated heterocycles. The van der Waals surface area contributed by atoms with Crippen molar-refractivity contribution in [3.8, 4) is 17.1 Å². The molecule has 140 valence electrons. The lowest BCUT2D eigenvalue weighted by molar-refractivity contribution is 0.0934. The highest BCUT2D eigenvalue weighted by atomic mass is 16.4. The van der Waals surface area contributed by atoms with Crippen LogP contribution in [0.4, 0.5) is 0 Å². The van der Waals surface area contributed by atoms with E-state index in [4.69, 9.17) is 4.42 Å². The van der Waals surface area contributed by atoms with Gasteiger partial charge in [0.25, 0.3) is 5.91 Å². The number of aryl methyl sites for hydroxylation is 1. The number of oxazole rings is 1. The summed E-state index contributed by atoms with van der Waals surface area (Å²) in [6.07, 6.45) is 5.37. The van der Waals surface area contributed by atoms with E-state index in [-0.39, 0.29) is 11.9 Å². The Labute approximate surface area is 162 Å². The van der Waals surface area contributed by atoms with Crippen LogP contribution in [0.3, 0.4) is 0 Å². The molecule has 6 heteroatoms. The van der Waals surface area contributed by atoms with Gasteiger partial charge in [-0.25, -0.2) is 9.97 Å². The highest BCUT2D eigenvalue weighted by Crippen LogP contribution is 2.22. The Kier molecular flexibility index (Phi) is 4.76. The van der Waals surface area contributed by atoms with Gasteiger partial charge in [0.15, 0.2) is 5.69 Å². The van der Waals surface area contributed by atoms with Crippen LogP contribution in [0.25, 0.3) is 17.1 Å². The molecule has 28 heavy (non-hydrogen) atoms. The first-order valence-electron chi connectivity index (χ1n) is 9.04. The predicted molar refractivity (Wildman–Crippen MR) is 106 cm³/mol. The van der Waals surface area contributed by atoms with Crippen LogP contribution in [-0.4, -0.2) is 20.4 Å². The van der Waals surface area contributed by atoms with Crippen molar-refractivity contribution in [1.29, 1.82) is 0 Å². The van der Waals surface area contributed by atoms with E-state index in [9.17, 15) is 4.79 Å². The Morgan fingerprint density at radius 1 is 1.11 bits per heavy atom. The summed E-state index contributed by atoms with van der Waals surface area (Å²) in [5.74, 6) is 0.689. The minimum atomic E-state index is -0.255. The van der Waals surface area contributed by atoms with Crippen molar-refractivity contribution in [2.75, 3.05) is 0 Å². The van der Waals surface area contributed by atoms with Crippen molar-refractivity contribution in [3.05, 3.63) is 90.3 Å². The Morgan fingerprint density at radius 3 is 2.54 bits per heavy atom. The number of imidazole rings is 1. The molecule has 0 radical (unpaired) electrons. The minimum Gasteiger partial charge on any atom is -0.441 e. The van der Waals surface area contributed by atoms with Gasteiger partial charge in [0.2, 0.25) is 5.89 Å². The summed E-state index contributed by atoms with van der Waals surface area (Å²) >= 11 is 0. The van der Waals surface area contributed by atoms with Gasteiger partial charge < -0.3 is 14.3 Å². The highest BCUT2D eigenvalue weighted by Gasteiger charge is 2.20. The quantitative estimate of drug-likeness (QED) is 0.566. The van der Waals surface area contributed by atoms with Gasteiger partial charge in [-0.15, -0.1) is 0 Å². The molecule has 0 saturated carbocycles. The number of hydrogen-bond acceptors (Lipinski definition) is 4. The molecule has 0 fully saturated rings. The predicted octanol–water partition coefficient (Wildman–Crippen LogP) is 4.33. The van der Waals surface area contributed by atoms with Crippen LogP contribution in [0.1, 0.15) is 34.8 Å². The molecule has 1 atom stereocenters.